The van der Waals surface area contributed by atoms with Crippen molar-refractivity contribution in [2.24, 2.45) is 17.8 Å². The summed E-state index contributed by atoms with van der Waals surface area (Å²) in [5.41, 5.74) is 2.06. The zero-order chi connectivity index (χ0) is 15.8. The fourth-order valence-corrected chi connectivity index (χ4v) is 3.63. The summed E-state index contributed by atoms with van der Waals surface area (Å²) >= 11 is 0. The molecule has 0 aromatic carbocycles. The molecule has 2 aliphatic rings. The summed E-state index contributed by atoms with van der Waals surface area (Å²) in [4.78, 5) is 1.69. The van der Waals surface area contributed by atoms with Crippen molar-refractivity contribution in [1.29, 1.82) is 0 Å². The van der Waals surface area contributed by atoms with E-state index in [1.165, 1.54) is 0 Å². The summed E-state index contributed by atoms with van der Waals surface area (Å²) in [6, 6.07) is 0. The van der Waals surface area contributed by atoms with Crippen molar-refractivity contribution >= 4 is 0 Å². The van der Waals surface area contributed by atoms with Crippen molar-refractivity contribution in [2.75, 3.05) is 13.6 Å². The first kappa shape index (κ1) is 16.3. The normalized spacial score (nSPS) is 30.7. The lowest BCUT2D eigenvalue weighted by molar-refractivity contribution is 0.0341. The van der Waals surface area contributed by atoms with Gasteiger partial charge >= 0.3 is 0 Å². The molecule has 0 amide bonds. The molecule has 21 heavy (non-hydrogen) atoms. The molecule has 1 heterocycles. The number of hydrogen-bond donors (Lipinski definition) is 0. The molecule has 1 fully saturated rings. The lowest BCUT2D eigenvalue weighted by atomic mass is 9.62. The predicted octanol–water partition coefficient (Wildman–Crippen LogP) is 5.03. The summed E-state index contributed by atoms with van der Waals surface area (Å²) in [5.74, 6) is -1.13. The van der Waals surface area contributed by atoms with Crippen LogP contribution in [0.5, 0.6) is 0 Å². The fourth-order valence-electron chi connectivity index (χ4n) is 3.63. The molecule has 1 aliphatic heterocycles. The van der Waals surface area contributed by atoms with Crippen LogP contribution in [0.3, 0.4) is 0 Å². The Morgan fingerprint density at radius 1 is 1.43 bits per heavy atom. The molecule has 0 spiro atoms. The molecule has 1 nitrogen and oxygen atoms in total. The second-order valence-corrected chi connectivity index (χ2v) is 6.68. The van der Waals surface area contributed by atoms with Crippen LogP contribution in [-0.2, 0) is 0 Å². The zero-order valence-corrected chi connectivity index (χ0v) is 13.8. The summed E-state index contributed by atoms with van der Waals surface area (Å²) in [6.07, 6.45) is 8.04. The maximum Gasteiger partial charge on any atom is 0.285 e. The molecule has 3 heteroatoms. The molecule has 3 atom stereocenters. The van der Waals surface area contributed by atoms with Crippen molar-refractivity contribution in [3.63, 3.8) is 0 Å². The Morgan fingerprint density at radius 3 is 2.57 bits per heavy atom. The number of nitrogens with zero attached hydrogens (tertiary/aromatic N) is 1. The van der Waals surface area contributed by atoms with E-state index in [0.717, 1.165) is 30.9 Å². The van der Waals surface area contributed by atoms with Crippen LogP contribution in [0.15, 0.2) is 35.1 Å². The number of halogens is 2. The van der Waals surface area contributed by atoms with E-state index in [9.17, 15) is 8.78 Å². The van der Waals surface area contributed by atoms with Gasteiger partial charge in [-0.25, -0.2) is 8.78 Å². The van der Waals surface area contributed by atoms with Gasteiger partial charge in [-0.15, -0.1) is 0 Å². The average molecular weight is 295 g/mol. The minimum Gasteiger partial charge on any atom is -0.369 e. The largest absolute Gasteiger partial charge is 0.369 e. The third kappa shape index (κ3) is 3.07. The summed E-state index contributed by atoms with van der Waals surface area (Å²) < 4.78 is 28.2. The summed E-state index contributed by atoms with van der Waals surface area (Å²) in [5, 5.41) is 0. The van der Waals surface area contributed by atoms with Crippen LogP contribution in [0.1, 0.15) is 40.5 Å². The third-order valence-electron chi connectivity index (χ3n) is 5.01. The Morgan fingerprint density at radius 2 is 2.10 bits per heavy atom. The van der Waals surface area contributed by atoms with Crippen molar-refractivity contribution in [2.45, 2.75) is 46.5 Å². The Kier molecular flexibility index (Phi) is 4.60. The maximum absolute atomic E-state index is 14.1. The van der Waals surface area contributed by atoms with Gasteiger partial charge in [-0.3, -0.25) is 0 Å². The average Bonchev–Trinajstić information content (AvgIpc) is 2.40. The quantitative estimate of drug-likeness (QED) is 0.703. The maximum atomic E-state index is 14.1. The van der Waals surface area contributed by atoms with Crippen LogP contribution in [0, 0.1) is 17.8 Å². The van der Waals surface area contributed by atoms with E-state index in [0.29, 0.717) is 24.3 Å². The number of rotatable bonds is 4. The van der Waals surface area contributed by atoms with Gasteiger partial charge in [0, 0.05) is 26.1 Å². The lowest BCUT2D eigenvalue weighted by Crippen LogP contribution is -2.37. The van der Waals surface area contributed by atoms with Crippen molar-refractivity contribution < 1.29 is 8.78 Å². The SMILES string of the molecule is CC/C=C(/C1=C(C(C)(F)F)N(C)CC=C1)C1CC(C)C1C. The predicted molar refractivity (Wildman–Crippen MR) is 84.2 cm³/mol. The summed E-state index contributed by atoms with van der Waals surface area (Å²) in [7, 11) is 1.76. The molecule has 0 bridgehead atoms. The summed E-state index contributed by atoms with van der Waals surface area (Å²) in [6.45, 7) is 8.13. The van der Waals surface area contributed by atoms with Gasteiger partial charge in [-0.05, 0) is 36.2 Å². The molecule has 0 saturated heterocycles. The Balaban J connectivity index is 2.47. The molecular weight excluding hydrogens is 268 g/mol. The monoisotopic (exact) mass is 295 g/mol. The van der Waals surface area contributed by atoms with Crippen LogP contribution in [0.2, 0.25) is 0 Å². The Labute approximate surface area is 127 Å². The first-order valence-electron chi connectivity index (χ1n) is 7.98. The lowest BCUT2D eigenvalue weighted by Gasteiger charge is -2.44. The Bertz CT molecular complexity index is 482. The minimum absolute atomic E-state index is 0.177. The van der Waals surface area contributed by atoms with E-state index in [1.54, 1.807) is 11.9 Å². The van der Waals surface area contributed by atoms with E-state index in [2.05, 4.69) is 26.8 Å². The van der Waals surface area contributed by atoms with E-state index in [1.807, 2.05) is 12.2 Å². The van der Waals surface area contributed by atoms with Crippen LogP contribution in [-0.4, -0.2) is 24.4 Å². The number of likely N-dealkylation sites (N-methyl/N-ethyl adjacent to an activating group) is 1. The molecule has 3 unspecified atom stereocenters. The number of allylic oxidation sites excluding steroid dienone is 5. The second-order valence-electron chi connectivity index (χ2n) is 6.68. The van der Waals surface area contributed by atoms with Crippen LogP contribution < -0.4 is 0 Å². The van der Waals surface area contributed by atoms with Gasteiger partial charge in [-0.2, -0.15) is 0 Å². The molecule has 1 saturated carbocycles. The van der Waals surface area contributed by atoms with Gasteiger partial charge in [0.25, 0.3) is 5.92 Å². The van der Waals surface area contributed by atoms with Crippen LogP contribution >= 0.6 is 0 Å². The highest BCUT2D eigenvalue weighted by atomic mass is 19.3. The molecule has 2 rings (SSSR count). The van der Waals surface area contributed by atoms with Gasteiger partial charge in [0.2, 0.25) is 0 Å². The molecule has 0 radical (unpaired) electrons. The van der Waals surface area contributed by atoms with Crippen LogP contribution in [0.25, 0.3) is 0 Å². The van der Waals surface area contributed by atoms with Crippen molar-refractivity contribution in [3.05, 3.63) is 35.1 Å². The van der Waals surface area contributed by atoms with Gasteiger partial charge in [0.1, 0.15) is 0 Å². The van der Waals surface area contributed by atoms with Gasteiger partial charge in [0.15, 0.2) is 0 Å². The molecule has 0 N–H and O–H groups in total. The number of alkyl halides is 2. The fraction of sp³-hybridized carbons (Fsp3) is 0.667. The van der Waals surface area contributed by atoms with Crippen molar-refractivity contribution in [1.82, 2.24) is 4.90 Å². The van der Waals surface area contributed by atoms with E-state index >= 15 is 0 Å². The first-order valence-corrected chi connectivity index (χ1v) is 7.98. The smallest absolute Gasteiger partial charge is 0.285 e. The molecule has 1 aliphatic carbocycles. The highest BCUT2D eigenvalue weighted by molar-refractivity contribution is 5.49. The topological polar surface area (TPSA) is 3.24 Å². The van der Waals surface area contributed by atoms with Gasteiger partial charge in [-0.1, -0.05) is 39.0 Å². The molecule has 0 aromatic heterocycles. The second kappa shape index (κ2) is 5.94. The standard InChI is InChI=1S/C18H27F2N/c1-6-8-14(16-11-12(2)13(16)3)15-9-7-10-21(5)17(15)18(4,19)20/h7-9,12-13,16H,6,10-11H2,1-5H3/b14-8-. The zero-order valence-electron chi connectivity index (χ0n) is 13.8. The Hall–Kier alpha value is -1.12. The highest BCUT2D eigenvalue weighted by Gasteiger charge is 2.41. The van der Waals surface area contributed by atoms with E-state index in [4.69, 9.17) is 0 Å². The van der Waals surface area contributed by atoms with Gasteiger partial charge in [0.05, 0.1) is 5.70 Å². The van der Waals surface area contributed by atoms with Crippen LogP contribution in [0.4, 0.5) is 8.78 Å². The number of hydrogen-bond acceptors (Lipinski definition) is 1. The molecule has 0 aromatic rings. The van der Waals surface area contributed by atoms with E-state index < -0.39 is 5.92 Å². The highest BCUT2D eigenvalue weighted by Crippen LogP contribution is 2.48. The van der Waals surface area contributed by atoms with E-state index in [-0.39, 0.29) is 5.70 Å². The third-order valence-corrected chi connectivity index (χ3v) is 5.01. The minimum atomic E-state index is -2.81. The molecular formula is C18H27F2N. The van der Waals surface area contributed by atoms with Gasteiger partial charge < -0.3 is 4.90 Å². The van der Waals surface area contributed by atoms with Crippen molar-refractivity contribution in [3.8, 4) is 0 Å². The molecule has 118 valence electrons. The first-order chi connectivity index (χ1) is 9.77.